The number of rotatable bonds is 6. The topological polar surface area (TPSA) is 184 Å². The van der Waals surface area contributed by atoms with Crippen molar-refractivity contribution in [2.24, 2.45) is 17.4 Å². The second-order valence-electron chi connectivity index (χ2n) is 8.16. The highest BCUT2D eigenvalue weighted by atomic mass is 16.7. The van der Waals surface area contributed by atoms with E-state index < -0.39 is 61.1 Å². The number of aliphatic hydroxyl groups excluding tert-OH is 5. The molecule has 1 heterocycles. The van der Waals surface area contributed by atoms with Crippen LogP contribution in [0.15, 0.2) is 0 Å². The van der Waals surface area contributed by atoms with Crippen LogP contribution in [0.3, 0.4) is 0 Å². The van der Waals surface area contributed by atoms with Gasteiger partial charge in [-0.2, -0.15) is 0 Å². The largest absolute Gasteiger partial charge is 0.391 e. The van der Waals surface area contributed by atoms with E-state index in [4.69, 9.17) is 20.9 Å². The van der Waals surface area contributed by atoms with Gasteiger partial charge in [-0.15, -0.1) is 0 Å². The Hall–Kier alpha value is -0.400. The van der Waals surface area contributed by atoms with Crippen LogP contribution in [0.5, 0.6) is 0 Å². The SMILES string of the molecule is CC(C)CN[C@@H]1CC(N)[C@@H](O[C@H]2OC(C(C)O)[C@@H](O)C(O)C2N)C(O)C1O. The van der Waals surface area contributed by atoms with Crippen molar-refractivity contribution in [3.63, 3.8) is 0 Å². The Kier molecular flexibility index (Phi) is 7.97. The van der Waals surface area contributed by atoms with E-state index in [1.807, 2.05) is 13.8 Å². The highest BCUT2D eigenvalue weighted by molar-refractivity contribution is 5.00. The highest BCUT2D eigenvalue weighted by Gasteiger charge is 2.49. The lowest BCUT2D eigenvalue weighted by atomic mass is 9.83. The van der Waals surface area contributed by atoms with Gasteiger partial charge in [0.15, 0.2) is 6.29 Å². The molecule has 10 heteroatoms. The number of ether oxygens (including phenoxy) is 2. The Labute approximate surface area is 159 Å². The molecule has 10 N–H and O–H groups in total. The third-order valence-corrected chi connectivity index (χ3v) is 5.29. The van der Waals surface area contributed by atoms with Gasteiger partial charge in [0.05, 0.1) is 18.2 Å². The third-order valence-electron chi connectivity index (χ3n) is 5.29. The summed E-state index contributed by atoms with van der Waals surface area (Å²) in [4.78, 5) is 0. The molecule has 1 aliphatic carbocycles. The Bertz CT molecular complexity index is 470. The molecule has 160 valence electrons. The van der Waals surface area contributed by atoms with Gasteiger partial charge in [-0.25, -0.2) is 0 Å². The molecular weight excluding hydrogens is 358 g/mol. The van der Waals surface area contributed by atoms with Crippen LogP contribution in [-0.4, -0.2) is 99.2 Å². The third kappa shape index (κ3) is 5.15. The number of hydrogen-bond acceptors (Lipinski definition) is 10. The molecule has 2 rings (SSSR count). The number of aliphatic hydroxyl groups is 5. The summed E-state index contributed by atoms with van der Waals surface area (Å²) in [7, 11) is 0. The highest BCUT2D eigenvalue weighted by Crippen LogP contribution is 2.28. The summed E-state index contributed by atoms with van der Waals surface area (Å²) < 4.78 is 11.2. The molecule has 27 heavy (non-hydrogen) atoms. The number of hydrogen-bond donors (Lipinski definition) is 8. The number of nitrogens with one attached hydrogen (secondary N) is 1. The van der Waals surface area contributed by atoms with E-state index in [9.17, 15) is 25.5 Å². The normalized spacial score (nSPS) is 47.2. The van der Waals surface area contributed by atoms with E-state index in [0.717, 1.165) is 0 Å². The Morgan fingerprint density at radius 1 is 1.04 bits per heavy atom. The first-order valence-electron chi connectivity index (χ1n) is 9.50. The fraction of sp³-hybridized carbons (Fsp3) is 1.00. The molecule has 11 atom stereocenters. The maximum atomic E-state index is 10.5. The maximum absolute atomic E-state index is 10.5. The Balaban J connectivity index is 2.05. The van der Waals surface area contributed by atoms with E-state index in [2.05, 4.69) is 5.32 Å². The lowest BCUT2D eigenvalue weighted by Crippen LogP contribution is -2.68. The van der Waals surface area contributed by atoms with Gasteiger partial charge in [-0.1, -0.05) is 13.8 Å². The van der Waals surface area contributed by atoms with Crippen LogP contribution in [0, 0.1) is 5.92 Å². The first kappa shape index (κ1) is 22.9. The van der Waals surface area contributed by atoms with Crippen molar-refractivity contribution in [3.05, 3.63) is 0 Å². The zero-order valence-electron chi connectivity index (χ0n) is 16.0. The molecular formula is C17H35N3O7. The summed E-state index contributed by atoms with van der Waals surface area (Å²) in [6.45, 7) is 6.14. The molecule has 0 radical (unpaired) electrons. The molecule has 1 saturated heterocycles. The van der Waals surface area contributed by atoms with Gasteiger partial charge in [-0.3, -0.25) is 0 Å². The lowest BCUT2D eigenvalue weighted by molar-refractivity contribution is -0.301. The van der Waals surface area contributed by atoms with Gasteiger partial charge in [0.2, 0.25) is 0 Å². The van der Waals surface area contributed by atoms with Crippen molar-refractivity contribution < 1.29 is 35.0 Å². The predicted octanol–water partition coefficient (Wildman–Crippen LogP) is -3.41. The molecule has 2 fully saturated rings. The van der Waals surface area contributed by atoms with Crippen molar-refractivity contribution in [1.82, 2.24) is 5.32 Å². The summed E-state index contributed by atoms with van der Waals surface area (Å²) in [6, 6.07) is -2.10. The van der Waals surface area contributed by atoms with Gasteiger partial charge in [0.1, 0.15) is 30.5 Å². The number of nitrogens with two attached hydrogens (primary N) is 2. The summed E-state index contributed by atoms with van der Waals surface area (Å²) in [5, 5.41) is 54.0. The molecule has 7 unspecified atom stereocenters. The van der Waals surface area contributed by atoms with Gasteiger partial charge in [0.25, 0.3) is 0 Å². The van der Waals surface area contributed by atoms with Crippen LogP contribution in [-0.2, 0) is 9.47 Å². The smallest absolute Gasteiger partial charge is 0.176 e. The van der Waals surface area contributed by atoms with Gasteiger partial charge < -0.3 is 51.8 Å². The lowest BCUT2D eigenvalue weighted by Gasteiger charge is -2.47. The molecule has 0 amide bonds. The average molecular weight is 393 g/mol. The quantitative estimate of drug-likeness (QED) is 0.226. The summed E-state index contributed by atoms with van der Waals surface area (Å²) in [6.07, 6.45) is -9.15. The fourth-order valence-electron chi connectivity index (χ4n) is 3.61. The van der Waals surface area contributed by atoms with Crippen molar-refractivity contribution in [1.29, 1.82) is 0 Å². The fourth-order valence-corrected chi connectivity index (χ4v) is 3.61. The predicted molar refractivity (Wildman–Crippen MR) is 96.4 cm³/mol. The first-order valence-corrected chi connectivity index (χ1v) is 9.50. The van der Waals surface area contributed by atoms with Crippen LogP contribution >= 0.6 is 0 Å². The van der Waals surface area contributed by atoms with Crippen molar-refractivity contribution in [3.8, 4) is 0 Å². The van der Waals surface area contributed by atoms with Gasteiger partial charge in [0, 0.05) is 12.1 Å². The molecule has 2 aliphatic rings. The molecule has 0 aromatic heterocycles. The summed E-state index contributed by atoms with van der Waals surface area (Å²) >= 11 is 0. The van der Waals surface area contributed by atoms with Crippen molar-refractivity contribution in [2.45, 2.75) is 94.3 Å². The standard InChI is InChI=1S/C17H35N3O7/c1-6(2)5-20-9-4-8(18)16(13(24)11(9)22)27-17-10(19)12(23)14(25)15(26-17)7(3)21/h6-17,20-25H,4-5,18-19H2,1-3H3/t7?,8?,9-,10?,11?,12?,13?,14+,15?,16-,17-/m1/s1. The first-order chi connectivity index (χ1) is 12.5. The minimum absolute atomic E-state index is 0.364. The van der Waals surface area contributed by atoms with Crippen LogP contribution in [0.2, 0.25) is 0 Å². The molecule has 0 bridgehead atoms. The zero-order chi connectivity index (χ0) is 20.5. The summed E-state index contributed by atoms with van der Waals surface area (Å²) in [5.74, 6) is 0.374. The second-order valence-corrected chi connectivity index (χ2v) is 8.16. The molecule has 0 aromatic rings. The molecule has 10 nitrogen and oxygen atoms in total. The van der Waals surface area contributed by atoms with E-state index in [0.29, 0.717) is 18.9 Å². The van der Waals surface area contributed by atoms with Crippen LogP contribution in [0.4, 0.5) is 0 Å². The van der Waals surface area contributed by atoms with E-state index in [1.165, 1.54) is 6.92 Å². The average Bonchev–Trinajstić information content (AvgIpc) is 2.59. The second kappa shape index (κ2) is 9.40. The van der Waals surface area contributed by atoms with Gasteiger partial charge >= 0.3 is 0 Å². The zero-order valence-corrected chi connectivity index (χ0v) is 16.0. The van der Waals surface area contributed by atoms with Crippen molar-refractivity contribution in [2.75, 3.05) is 6.54 Å². The molecule has 1 aliphatic heterocycles. The van der Waals surface area contributed by atoms with Crippen LogP contribution < -0.4 is 16.8 Å². The van der Waals surface area contributed by atoms with Gasteiger partial charge in [-0.05, 0) is 25.8 Å². The maximum Gasteiger partial charge on any atom is 0.176 e. The van der Waals surface area contributed by atoms with Crippen molar-refractivity contribution >= 4 is 0 Å². The monoisotopic (exact) mass is 393 g/mol. The van der Waals surface area contributed by atoms with Crippen LogP contribution in [0.1, 0.15) is 27.2 Å². The van der Waals surface area contributed by atoms with E-state index in [1.54, 1.807) is 0 Å². The Morgan fingerprint density at radius 3 is 2.22 bits per heavy atom. The van der Waals surface area contributed by atoms with E-state index in [-0.39, 0.29) is 6.04 Å². The Morgan fingerprint density at radius 2 is 1.67 bits per heavy atom. The molecule has 1 saturated carbocycles. The molecule has 0 spiro atoms. The van der Waals surface area contributed by atoms with E-state index >= 15 is 0 Å². The summed E-state index contributed by atoms with van der Waals surface area (Å²) in [5.41, 5.74) is 12.0. The molecule has 0 aromatic carbocycles. The minimum Gasteiger partial charge on any atom is -0.391 e. The minimum atomic E-state index is -1.38. The van der Waals surface area contributed by atoms with Crippen LogP contribution in [0.25, 0.3) is 0 Å².